The van der Waals surface area contributed by atoms with Gasteiger partial charge >= 0.3 is 0 Å². The average molecular weight is 374 g/mol. The van der Waals surface area contributed by atoms with E-state index in [1.165, 1.54) is 0 Å². The van der Waals surface area contributed by atoms with Crippen LogP contribution in [0.15, 0.2) is 0 Å². The van der Waals surface area contributed by atoms with E-state index >= 15 is 0 Å². The first kappa shape index (κ1) is 27.1. The molecule has 0 aromatic carbocycles. The lowest BCUT2D eigenvalue weighted by Gasteiger charge is -2.29. The molecule has 0 aliphatic heterocycles. The third-order valence-corrected chi connectivity index (χ3v) is 3.28. The molecule has 5 N–H and O–H groups in total. The van der Waals surface area contributed by atoms with Crippen molar-refractivity contribution in [3.05, 3.63) is 0 Å². The number of amides is 2. The highest BCUT2D eigenvalue weighted by molar-refractivity contribution is 5.83. The van der Waals surface area contributed by atoms with Crippen LogP contribution >= 0.6 is 0 Å². The van der Waals surface area contributed by atoms with Crippen molar-refractivity contribution in [3.8, 4) is 0 Å². The number of nitrogens with one attached hydrogen (secondary N) is 2. The highest BCUT2D eigenvalue weighted by atomic mass is 16.3. The van der Waals surface area contributed by atoms with Crippen LogP contribution in [0.3, 0.4) is 0 Å². The maximum absolute atomic E-state index is 11.6. The summed E-state index contributed by atoms with van der Waals surface area (Å²) in [5.41, 5.74) is 4.70. The molecule has 0 aromatic heterocycles. The topological polar surface area (TPSA) is 104 Å². The molecule has 0 spiro atoms. The Bertz CT molecular complexity index is 417. The molecule has 26 heavy (non-hydrogen) atoms. The smallest absolute Gasteiger partial charge is 0.249 e. The summed E-state index contributed by atoms with van der Waals surface area (Å²) in [5.74, 6) is -0.389. The molecule has 0 heterocycles. The van der Waals surface area contributed by atoms with Crippen molar-refractivity contribution in [3.63, 3.8) is 0 Å². The van der Waals surface area contributed by atoms with Crippen LogP contribution in [0, 0.1) is 10.8 Å². The predicted molar refractivity (Wildman–Crippen MR) is 109 cm³/mol. The molecular formula is C20H43N3O3. The SMILES string of the molecule is CC(C)(C)NC(=O)C(N)C(C)(C)C.CC(C)(C)NC(=O)C(O)C(C)(C)C. The molecule has 2 amide bonds. The number of rotatable bonds is 2. The number of carbonyl (C=O) groups is 2. The highest BCUT2D eigenvalue weighted by Gasteiger charge is 2.31. The normalized spacial score (nSPS) is 15.3. The molecule has 6 heteroatoms. The number of aliphatic hydroxyl groups excluding tert-OH is 1. The number of hydrogen-bond donors (Lipinski definition) is 4. The van der Waals surface area contributed by atoms with Crippen LogP contribution < -0.4 is 16.4 Å². The summed E-state index contributed by atoms with van der Waals surface area (Å²) in [5, 5.41) is 15.2. The van der Waals surface area contributed by atoms with E-state index in [2.05, 4.69) is 10.6 Å². The van der Waals surface area contributed by atoms with Crippen molar-refractivity contribution in [2.75, 3.05) is 0 Å². The maximum atomic E-state index is 11.6. The van der Waals surface area contributed by atoms with Gasteiger partial charge < -0.3 is 21.5 Å². The molecule has 0 fully saturated rings. The van der Waals surface area contributed by atoms with Gasteiger partial charge in [-0.15, -0.1) is 0 Å². The molecular weight excluding hydrogens is 330 g/mol. The predicted octanol–water partition coefficient (Wildman–Crippen LogP) is 2.58. The van der Waals surface area contributed by atoms with Crippen molar-refractivity contribution in [2.24, 2.45) is 16.6 Å². The molecule has 0 bridgehead atoms. The Balaban J connectivity index is 0. The molecule has 0 radical (unpaired) electrons. The number of aliphatic hydroxyl groups is 1. The van der Waals surface area contributed by atoms with Crippen LogP contribution in [0.5, 0.6) is 0 Å². The van der Waals surface area contributed by atoms with E-state index in [9.17, 15) is 14.7 Å². The highest BCUT2D eigenvalue weighted by Crippen LogP contribution is 2.20. The van der Waals surface area contributed by atoms with Crippen molar-refractivity contribution in [1.82, 2.24) is 10.6 Å². The summed E-state index contributed by atoms with van der Waals surface area (Å²) >= 11 is 0. The van der Waals surface area contributed by atoms with Crippen molar-refractivity contribution >= 4 is 11.8 Å². The minimum absolute atomic E-state index is 0.0833. The maximum Gasteiger partial charge on any atom is 0.249 e. The van der Waals surface area contributed by atoms with Gasteiger partial charge in [0.25, 0.3) is 0 Å². The lowest BCUT2D eigenvalue weighted by molar-refractivity contribution is -0.136. The van der Waals surface area contributed by atoms with E-state index in [-0.39, 0.29) is 28.3 Å². The first-order chi connectivity index (χ1) is 11.1. The van der Waals surface area contributed by atoms with Crippen LogP contribution in [-0.4, -0.2) is 40.1 Å². The second-order valence-corrected chi connectivity index (χ2v) is 11.1. The van der Waals surface area contributed by atoms with Crippen molar-refractivity contribution in [1.29, 1.82) is 0 Å². The summed E-state index contributed by atoms with van der Waals surface area (Å²) < 4.78 is 0. The number of hydrogen-bond acceptors (Lipinski definition) is 4. The Morgan fingerprint density at radius 1 is 0.692 bits per heavy atom. The number of carbonyl (C=O) groups excluding carboxylic acids is 2. The van der Waals surface area contributed by atoms with Crippen LogP contribution in [0.25, 0.3) is 0 Å². The Morgan fingerprint density at radius 2 is 1.00 bits per heavy atom. The second kappa shape index (κ2) is 9.18. The van der Waals surface area contributed by atoms with Gasteiger partial charge in [0.1, 0.15) is 6.10 Å². The quantitative estimate of drug-likeness (QED) is 0.597. The van der Waals surface area contributed by atoms with Crippen LogP contribution in [0.2, 0.25) is 0 Å². The van der Waals surface area contributed by atoms with Crippen LogP contribution in [-0.2, 0) is 9.59 Å². The summed E-state index contributed by atoms with van der Waals surface area (Å²) in [6, 6.07) is -0.452. The van der Waals surface area contributed by atoms with Gasteiger partial charge in [0.2, 0.25) is 11.8 Å². The monoisotopic (exact) mass is 373 g/mol. The largest absolute Gasteiger partial charge is 0.383 e. The van der Waals surface area contributed by atoms with Gasteiger partial charge in [-0.3, -0.25) is 9.59 Å². The molecule has 2 atom stereocenters. The Hall–Kier alpha value is -1.14. The number of nitrogens with two attached hydrogens (primary N) is 1. The van der Waals surface area contributed by atoms with Gasteiger partial charge in [0, 0.05) is 11.1 Å². The Kier molecular flexibility index (Phi) is 9.56. The van der Waals surface area contributed by atoms with E-state index < -0.39 is 17.6 Å². The van der Waals surface area contributed by atoms with Gasteiger partial charge in [-0.05, 0) is 52.4 Å². The third kappa shape index (κ3) is 13.1. The molecule has 0 rings (SSSR count). The van der Waals surface area contributed by atoms with E-state index in [0.717, 1.165) is 0 Å². The van der Waals surface area contributed by atoms with E-state index in [4.69, 9.17) is 5.73 Å². The summed E-state index contributed by atoms with van der Waals surface area (Å²) in [7, 11) is 0. The summed E-state index contributed by atoms with van der Waals surface area (Å²) in [4.78, 5) is 23.0. The molecule has 0 aliphatic carbocycles. The van der Waals surface area contributed by atoms with E-state index in [0.29, 0.717) is 0 Å². The zero-order valence-corrected chi connectivity index (χ0v) is 19.0. The first-order valence-electron chi connectivity index (χ1n) is 9.15. The lowest BCUT2D eigenvalue weighted by atomic mass is 9.86. The van der Waals surface area contributed by atoms with Crippen molar-refractivity contribution < 1.29 is 14.7 Å². The minimum atomic E-state index is -0.952. The Labute approximate surface area is 160 Å². The van der Waals surface area contributed by atoms with Gasteiger partial charge in [-0.1, -0.05) is 41.5 Å². The fourth-order valence-corrected chi connectivity index (χ4v) is 1.67. The lowest BCUT2D eigenvalue weighted by Crippen LogP contribution is -2.53. The molecule has 6 nitrogen and oxygen atoms in total. The third-order valence-electron chi connectivity index (χ3n) is 3.28. The average Bonchev–Trinajstić information content (AvgIpc) is 2.31. The molecule has 2 unspecified atom stereocenters. The molecule has 156 valence electrons. The molecule has 0 aliphatic rings. The van der Waals surface area contributed by atoms with Gasteiger partial charge in [-0.25, -0.2) is 0 Å². The van der Waals surface area contributed by atoms with Crippen LogP contribution in [0.1, 0.15) is 83.1 Å². The first-order valence-corrected chi connectivity index (χ1v) is 9.15. The summed E-state index contributed by atoms with van der Waals surface area (Å²) in [6.07, 6.45) is -0.952. The molecule has 0 aromatic rings. The van der Waals surface area contributed by atoms with E-state index in [1.54, 1.807) is 0 Å². The molecule has 0 saturated carbocycles. The van der Waals surface area contributed by atoms with E-state index in [1.807, 2.05) is 83.1 Å². The second-order valence-electron chi connectivity index (χ2n) is 11.1. The Morgan fingerprint density at radius 3 is 1.23 bits per heavy atom. The van der Waals surface area contributed by atoms with Gasteiger partial charge in [-0.2, -0.15) is 0 Å². The van der Waals surface area contributed by atoms with Crippen LogP contribution in [0.4, 0.5) is 0 Å². The standard InChI is InChI=1S/C10H22N2O.C10H21NO2/c1-9(2,3)7(11)8(13)12-10(4,5)6;1-9(2,3)7(12)8(13)11-10(4,5)6/h7H,11H2,1-6H3,(H,12,13);7,12H,1-6H3,(H,11,13). The molecule has 0 saturated heterocycles. The zero-order valence-electron chi connectivity index (χ0n) is 19.0. The van der Waals surface area contributed by atoms with Gasteiger partial charge in [0.05, 0.1) is 6.04 Å². The minimum Gasteiger partial charge on any atom is -0.383 e. The summed E-state index contributed by atoms with van der Waals surface area (Å²) in [6.45, 7) is 22.9. The fraction of sp³-hybridized carbons (Fsp3) is 0.900. The van der Waals surface area contributed by atoms with Crippen molar-refractivity contribution in [2.45, 2.75) is 106 Å². The van der Waals surface area contributed by atoms with Gasteiger partial charge in [0.15, 0.2) is 0 Å². The zero-order chi connectivity index (χ0) is 21.7. The fourth-order valence-electron chi connectivity index (χ4n) is 1.67.